The molecule has 10 rings (SSSR count). The summed E-state index contributed by atoms with van der Waals surface area (Å²) >= 11 is 1.86. The molecular formula is C52H34N2S. The summed E-state index contributed by atoms with van der Waals surface area (Å²) in [5, 5.41) is 2.58. The number of hydrogen-bond acceptors (Lipinski definition) is 3. The van der Waals surface area contributed by atoms with E-state index < -0.39 is 0 Å². The topological polar surface area (TPSA) is 25.8 Å². The third-order valence-electron chi connectivity index (χ3n) is 10.3. The van der Waals surface area contributed by atoms with E-state index in [-0.39, 0.29) is 0 Å². The second kappa shape index (κ2) is 14.1. The van der Waals surface area contributed by atoms with Crippen LogP contribution in [-0.2, 0) is 0 Å². The summed E-state index contributed by atoms with van der Waals surface area (Å²) in [6.07, 6.45) is 0. The monoisotopic (exact) mass is 718 g/mol. The number of rotatable bonds is 7. The second-order valence-electron chi connectivity index (χ2n) is 13.8. The highest BCUT2D eigenvalue weighted by Gasteiger charge is 2.16. The maximum Gasteiger partial charge on any atom is 0.160 e. The third-order valence-corrected chi connectivity index (χ3v) is 11.5. The van der Waals surface area contributed by atoms with Gasteiger partial charge >= 0.3 is 0 Å². The first kappa shape index (κ1) is 32.7. The predicted molar refractivity (Wildman–Crippen MR) is 233 cm³/mol. The molecule has 0 atom stereocenters. The lowest BCUT2D eigenvalue weighted by atomic mass is 9.93. The van der Waals surface area contributed by atoms with Crippen LogP contribution in [0.15, 0.2) is 206 Å². The fourth-order valence-corrected chi connectivity index (χ4v) is 8.75. The van der Waals surface area contributed by atoms with Crippen molar-refractivity contribution in [2.45, 2.75) is 0 Å². The standard InChI is InChI=1S/C52H34N2S/c1-4-14-35(15-5-1)37-26-28-38(29-27-37)42-31-43(45-23-13-24-47-46-22-10-11-25-50(46)55-51(45)47)33-44(32-42)49-34-48(39-18-8-3-9-19-39)53-52(54-49)41-21-12-20-40(30-41)36-16-6-2-7-17-36/h1-34H. The molecule has 0 aliphatic carbocycles. The van der Waals surface area contributed by atoms with Crippen LogP contribution in [0, 0.1) is 0 Å². The fourth-order valence-electron chi connectivity index (χ4n) is 7.51. The number of thiophene rings is 1. The van der Waals surface area contributed by atoms with E-state index in [1.807, 2.05) is 23.5 Å². The van der Waals surface area contributed by atoms with Crippen LogP contribution in [0.1, 0.15) is 0 Å². The van der Waals surface area contributed by atoms with Crippen LogP contribution in [0.2, 0.25) is 0 Å². The summed E-state index contributed by atoms with van der Waals surface area (Å²) in [5.74, 6) is 0.694. The van der Waals surface area contributed by atoms with Crippen molar-refractivity contribution in [1.29, 1.82) is 0 Å². The van der Waals surface area contributed by atoms with Crippen molar-refractivity contribution in [2.24, 2.45) is 0 Å². The van der Waals surface area contributed by atoms with Crippen molar-refractivity contribution >= 4 is 31.5 Å². The highest BCUT2D eigenvalue weighted by Crippen LogP contribution is 2.42. The number of nitrogens with zero attached hydrogens (tertiary/aromatic N) is 2. The minimum Gasteiger partial charge on any atom is -0.228 e. The minimum absolute atomic E-state index is 0.694. The van der Waals surface area contributed by atoms with Gasteiger partial charge in [-0.15, -0.1) is 11.3 Å². The van der Waals surface area contributed by atoms with Gasteiger partial charge in [-0.2, -0.15) is 0 Å². The number of fused-ring (bicyclic) bond motifs is 3. The lowest BCUT2D eigenvalue weighted by molar-refractivity contribution is 1.18. The first-order chi connectivity index (χ1) is 27.2. The largest absolute Gasteiger partial charge is 0.228 e. The lowest BCUT2D eigenvalue weighted by Crippen LogP contribution is -1.97. The first-order valence-corrected chi connectivity index (χ1v) is 19.4. The van der Waals surface area contributed by atoms with Gasteiger partial charge in [-0.05, 0) is 80.9 Å². The zero-order valence-corrected chi connectivity index (χ0v) is 30.7. The zero-order valence-electron chi connectivity index (χ0n) is 29.9. The Morgan fingerprint density at radius 3 is 1.49 bits per heavy atom. The molecule has 0 spiro atoms. The molecule has 0 N–H and O–H groups in total. The highest BCUT2D eigenvalue weighted by atomic mass is 32.1. The minimum atomic E-state index is 0.694. The van der Waals surface area contributed by atoms with Gasteiger partial charge in [-0.1, -0.05) is 170 Å². The maximum absolute atomic E-state index is 5.35. The van der Waals surface area contributed by atoms with E-state index in [9.17, 15) is 0 Å². The molecule has 0 fully saturated rings. The quantitative estimate of drug-likeness (QED) is 0.164. The van der Waals surface area contributed by atoms with Crippen LogP contribution in [0.25, 0.3) is 98.6 Å². The van der Waals surface area contributed by atoms with Crippen LogP contribution >= 0.6 is 11.3 Å². The molecule has 55 heavy (non-hydrogen) atoms. The SMILES string of the molecule is c1ccc(-c2ccc(-c3cc(-c4cc(-c5ccccc5)nc(-c5cccc(-c6ccccc6)c5)n4)cc(-c4cccc5c4sc4ccccc45)c3)cc2)cc1. The van der Waals surface area contributed by atoms with E-state index in [0.717, 1.165) is 55.9 Å². The molecule has 0 radical (unpaired) electrons. The van der Waals surface area contributed by atoms with Crippen LogP contribution in [0.5, 0.6) is 0 Å². The summed E-state index contributed by atoms with van der Waals surface area (Å²) in [6.45, 7) is 0. The lowest BCUT2D eigenvalue weighted by Gasteiger charge is -2.14. The van der Waals surface area contributed by atoms with Gasteiger partial charge in [0.2, 0.25) is 0 Å². The van der Waals surface area contributed by atoms with Crippen LogP contribution in [0.3, 0.4) is 0 Å². The second-order valence-corrected chi connectivity index (χ2v) is 14.8. The van der Waals surface area contributed by atoms with Gasteiger partial charge in [0.05, 0.1) is 11.4 Å². The van der Waals surface area contributed by atoms with Gasteiger partial charge in [0, 0.05) is 36.9 Å². The first-order valence-electron chi connectivity index (χ1n) is 18.6. The Morgan fingerprint density at radius 2 is 0.764 bits per heavy atom. The summed E-state index contributed by atoms with van der Waals surface area (Å²) in [5.41, 5.74) is 14.2. The van der Waals surface area contributed by atoms with Crippen molar-refractivity contribution in [3.05, 3.63) is 206 Å². The van der Waals surface area contributed by atoms with Crippen molar-refractivity contribution < 1.29 is 0 Å². The smallest absolute Gasteiger partial charge is 0.160 e. The van der Waals surface area contributed by atoms with Crippen molar-refractivity contribution in [1.82, 2.24) is 9.97 Å². The molecule has 0 saturated heterocycles. The molecule has 0 unspecified atom stereocenters. The molecule has 258 valence electrons. The van der Waals surface area contributed by atoms with E-state index >= 15 is 0 Å². The third kappa shape index (κ3) is 6.41. The maximum atomic E-state index is 5.35. The van der Waals surface area contributed by atoms with Gasteiger partial charge in [-0.25, -0.2) is 9.97 Å². The molecule has 0 amide bonds. The van der Waals surface area contributed by atoms with E-state index in [1.165, 1.54) is 36.9 Å². The molecule has 0 aliphatic heterocycles. The zero-order chi connectivity index (χ0) is 36.6. The van der Waals surface area contributed by atoms with Gasteiger partial charge in [0.1, 0.15) is 0 Å². The summed E-state index contributed by atoms with van der Waals surface area (Å²) in [6, 6.07) is 73.4. The molecular weight excluding hydrogens is 685 g/mol. The molecule has 0 saturated carbocycles. The molecule has 10 aromatic rings. The van der Waals surface area contributed by atoms with E-state index in [0.29, 0.717) is 5.82 Å². The molecule has 8 aromatic carbocycles. The van der Waals surface area contributed by atoms with Crippen molar-refractivity contribution in [2.75, 3.05) is 0 Å². The van der Waals surface area contributed by atoms with Crippen LogP contribution < -0.4 is 0 Å². The van der Waals surface area contributed by atoms with E-state index in [2.05, 4.69) is 194 Å². The Balaban J connectivity index is 1.18. The van der Waals surface area contributed by atoms with Gasteiger partial charge in [0.15, 0.2) is 5.82 Å². The average Bonchev–Trinajstić information content (AvgIpc) is 3.66. The van der Waals surface area contributed by atoms with E-state index in [1.54, 1.807) is 0 Å². The fraction of sp³-hybridized carbons (Fsp3) is 0. The average molecular weight is 719 g/mol. The van der Waals surface area contributed by atoms with Crippen molar-refractivity contribution in [3.8, 4) is 78.4 Å². The van der Waals surface area contributed by atoms with E-state index in [4.69, 9.17) is 9.97 Å². The highest BCUT2D eigenvalue weighted by molar-refractivity contribution is 7.26. The summed E-state index contributed by atoms with van der Waals surface area (Å²) < 4.78 is 2.58. The van der Waals surface area contributed by atoms with Gasteiger partial charge in [-0.3, -0.25) is 0 Å². The molecule has 2 nitrogen and oxygen atoms in total. The molecule has 2 aromatic heterocycles. The molecule has 0 bridgehead atoms. The van der Waals surface area contributed by atoms with Gasteiger partial charge < -0.3 is 0 Å². The summed E-state index contributed by atoms with van der Waals surface area (Å²) in [4.78, 5) is 10.5. The number of aromatic nitrogens is 2. The predicted octanol–water partition coefficient (Wildman–Crippen LogP) is 14.5. The molecule has 2 heterocycles. The Bertz CT molecular complexity index is 2950. The molecule has 0 aliphatic rings. The van der Waals surface area contributed by atoms with Crippen LogP contribution in [-0.4, -0.2) is 9.97 Å². The summed E-state index contributed by atoms with van der Waals surface area (Å²) in [7, 11) is 0. The Labute approximate surface area is 324 Å². The Hall–Kier alpha value is -6.94. The number of hydrogen-bond donors (Lipinski definition) is 0. The van der Waals surface area contributed by atoms with Crippen LogP contribution in [0.4, 0.5) is 0 Å². The number of benzene rings is 8. The van der Waals surface area contributed by atoms with Crippen molar-refractivity contribution in [3.63, 3.8) is 0 Å². The Morgan fingerprint density at radius 1 is 0.291 bits per heavy atom. The van der Waals surface area contributed by atoms with Gasteiger partial charge in [0.25, 0.3) is 0 Å². The Kier molecular flexibility index (Phi) is 8.40. The normalized spacial score (nSPS) is 11.3. The molecule has 3 heteroatoms.